The summed E-state index contributed by atoms with van der Waals surface area (Å²) in [5, 5.41) is 0. The molecule has 0 fully saturated rings. The molecular formula is C9H9FO2S. The molecule has 0 atom stereocenters. The number of halogens is 1. The van der Waals surface area contributed by atoms with Gasteiger partial charge in [-0.3, -0.25) is 0 Å². The van der Waals surface area contributed by atoms with E-state index in [1.165, 1.54) is 6.07 Å². The van der Waals surface area contributed by atoms with E-state index in [0.29, 0.717) is 11.1 Å². The van der Waals surface area contributed by atoms with Gasteiger partial charge in [0, 0.05) is 0 Å². The molecule has 13 heavy (non-hydrogen) atoms. The van der Waals surface area contributed by atoms with Gasteiger partial charge in [-0.25, -0.2) is 0 Å². The molecule has 0 amide bonds. The van der Waals surface area contributed by atoms with Crippen molar-refractivity contribution in [1.82, 2.24) is 0 Å². The number of rotatable bonds is 2. The summed E-state index contributed by atoms with van der Waals surface area (Å²) in [5.74, 6) is 0. The number of hydrogen-bond acceptors (Lipinski definition) is 2. The molecule has 0 saturated carbocycles. The fourth-order valence-electron chi connectivity index (χ4n) is 1.02. The Hall–Kier alpha value is -1.16. The van der Waals surface area contributed by atoms with Crippen LogP contribution in [-0.4, -0.2) is 8.42 Å². The van der Waals surface area contributed by atoms with Gasteiger partial charge in [-0.05, 0) is 18.1 Å². The SMILES string of the molecule is C=C(c1ccccc1C)S(=O)(=O)F. The third-order valence-electron chi connectivity index (χ3n) is 1.74. The van der Waals surface area contributed by atoms with Crippen LogP contribution in [0.15, 0.2) is 30.8 Å². The largest absolute Gasteiger partial charge is 0.332 e. The number of hydrogen-bond donors (Lipinski definition) is 0. The first kappa shape index (κ1) is 9.92. The van der Waals surface area contributed by atoms with Gasteiger partial charge in [0.15, 0.2) is 0 Å². The summed E-state index contributed by atoms with van der Waals surface area (Å²) in [4.78, 5) is -0.481. The van der Waals surface area contributed by atoms with Gasteiger partial charge in [-0.15, -0.1) is 3.89 Å². The van der Waals surface area contributed by atoms with Crippen LogP contribution in [0.4, 0.5) is 3.89 Å². The third-order valence-corrected chi connectivity index (χ3v) is 2.55. The maximum Gasteiger partial charge on any atom is 0.332 e. The van der Waals surface area contributed by atoms with Crippen LogP contribution < -0.4 is 0 Å². The lowest BCUT2D eigenvalue weighted by Gasteiger charge is -2.03. The normalized spacial score (nSPS) is 11.2. The molecule has 0 aromatic heterocycles. The van der Waals surface area contributed by atoms with Gasteiger partial charge in [-0.2, -0.15) is 8.42 Å². The highest BCUT2D eigenvalue weighted by atomic mass is 32.3. The molecule has 0 bridgehead atoms. The van der Waals surface area contributed by atoms with Gasteiger partial charge >= 0.3 is 10.2 Å². The Morgan fingerprint density at radius 2 is 1.92 bits per heavy atom. The van der Waals surface area contributed by atoms with Crippen LogP contribution in [0.2, 0.25) is 0 Å². The minimum atomic E-state index is -4.67. The molecule has 0 heterocycles. The molecule has 0 saturated heterocycles. The van der Waals surface area contributed by atoms with Crippen LogP contribution in [0.25, 0.3) is 4.91 Å². The van der Waals surface area contributed by atoms with Gasteiger partial charge in [0.2, 0.25) is 0 Å². The zero-order chi connectivity index (χ0) is 10.1. The summed E-state index contributed by atoms with van der Waals surface area (Å²) in [6.45, 7) is 4.89. The third kappa shape index (κ3) is 2.15. The summed E-state index contributed by atoms with van der Waals surface area (Å²) >= 11 is 0. The second-order valence-corrected chi connectivity index (χ2v) is 4.04. The van der Waals surface area contributed by atoms with E-state index in [1.54, 1.807) is 25.1 Å². The molecule has 70 valence electrons. The minimum absolute atomic E-state index is 0.324. The Balaban J connectivity index is 3.26. The lowest BCUT2D eigenvalue weighted by Crippen LogP contribution is -1.96. The van der Waals surface area contributed by atoms with Crippen LogP contribution in [0.5, 0.6) is 0 Å². The highest BCUT2D eigenvalue weighted by Gasteiger charge is 2.16. The van der Waals surface area contributed by atoms with Crippen molar-refractivity contribution < 1.29 is 12.3 Å². The zero-order valence-corrected chi connectivity index (χ0v) is 7.94. The summed E-state index contributed by atoms with van der Waals surface area (Å²) in [6.07, 6.45) is 0. The Kier molecular flexibility index (Phi) is 2.52. The van der Waals surface area contributed by atoms with Gasteiger partial charge in [0.05, 0.1) is 4.91 Å². The Morgan fingerprint density at radius 3 is 2.38 bits per heavy atom. The first-order chi connectivity index (χ1) is 5.93. The van der Waals surface area contributed by atoms with Crippen molar-refractivity contribution in [3.8, 4) is 0 Å². The van der Waals surface area contributed by atoms with Crippen molar-refractivity contribution in [3.05, 3.63) is 42.0 Å². The molecule has 0 aliphatic carbocycles. The molecule has 0 aliphatic heterocycles. The minimum Gasteiger partial charge on any atom is -0.189 e. The lowest BCUT2D eigenvalue weighted by atomic mass is 10.1. The van der Waals surface area contributed by atoms with Crippen LogP contribution in [0, 0.1) is 6.92 Å². The predicted octanol–water partition coefficient (Wildman–Crippen LogP) is 2.27. The van der Waals surface area contributed by atoms with Crippen LogP contribution in [0.3, 0.4) is 0 Å². The Morgan fingerprint density at radius 1 is 1.38 bits per heavy atom. The van der Waals surface area contributed by atoms with Crippen molar-refractivity contribution in [2.24, 2.45) is 0 Å². The highest BCUT2D eigenvalue weighted by molar-refractivity contribution is 7.95. The quantitative estimate of drug-likeness (QED) is 0.686. The smallest absolute Gasteiger partial charge is 0.189 e. The molecular weight excluding hydrogens is 191 g/mol. The molecule has 1 rings (SSSR count). The summed E-state index contributed by atoms with van der Waals surface area (Å²) in [6, 6.07) is 6.61. The van der Waals surface area contributed by atoms with Crippen LogP contribution >= 0.6 is 0 Å². The second-order valence-electron chi connectivity index (χ2n) is 2.68. The van der Waals surface area contributed by atoms with Gasteiger partial charge in [0.1, 0.15) is 0 Å². The summed E-state index contributed by atoms with van der Waals surface area (Å²) in [7, 11) is -4.67. The molecule has 0 unspecified atom stereocenters. The Labute approximate surface area is 76.9 Å². The fourth-order valence-corrected chi connectivity index (χ4v) is 1.51. The molecule has 1 aromatic carbocycles. The molecule has 0 aliphatic rings. The average Bonchev–Trinajstić information content (AvgIpc) is 2.02. The molecule has 0 N–H and O–H groups in total. The monoisotopic (exact) mass is 200 g/mol. The van der Waals surface area contributed by atoms with E-state index in [1.807, 2.05) is 0 Å². The van der Waals surface area contributed by atoms with Crippen molar-refractivity contribution in [2.45, 2.75) is 6.92 Å². The van der Waals surface area contributed by atoms with Gasteiger partial charge in [0.25, 0.3) is 0 Å². The standard InChI is InChI=1S/C9H9FO2S/c1-7-5-3-4-6-9(7)8(2)13(10,11)12/h3-6H,2H2,1H3. The van der Waals surface area contributed by atoms with Crippen molar-refractivity contribution in [3.63, 3.8) is 0 Å². The second kappa shape index (κ2) is 3.30. The molecule has 1 aromatic rings. The molecule has 0 spiro atoms. The molecule has 4 heteroatoms. The Bertz CT molecular complexity index is 435. The van der Waals surface area contributed by atoms with Gasteiger partial charge < -0.3 is 0 Å². The molecule has 0 radical (unpaired) electrons. The topological polar surface area (TPSA) is 34.1 Å². The van der Waals surface area contributed by atoms with E-state index < -0.39 is 15.1 Å². The maximum absolute atomic E-state index is 12.5. The number of aryl methyl sites for hydroxylation is 1. The van der Waals surface area contributed by atoms with E-state index in [2.05, 4.69) is 6.58 Å². The van der Waals surface area contributed by atoms with Crippen molar-refractivity contribution in [1.29, 1.82) is 0 Å². The van der Waals surface area contributed by atoms with E-state index in [9.17, 15) is 12.3 Å². The first-order valence-corrected chi connectivity index (χ1v) is 5.01. The average molecular weight is 200 g/mol. The first-order valence-electron chi connectivity index (χ1n) is 3.62. The highest BCUT2D eigenvalue weighted by Crippen LogP contribution is 2.22. The maximum atomic E-state index is 12.5. The fraction of sp³-hybridized carbons (Fsp3) is 0.111. The number of benzene rings is 1. The lowest BCUT2D eigenvalue weighted by molar-refractivity contribution is 0.564. The van der Waals surface area contributed by atoms with E-state index in [4.69, 9.17) is 0 Å². The van der Waals surface area contributed by atoms with E-state index in [-0.39, 0.29) is 0 Å². The van der Waals surface area contributed by atoms with Crippen molar-refractivity contribution >= 4 is 15.1 Å². The van der Waals surface area contributed by atoms with Crippen LogP contribution in [0.1, 0.15) is 11.1 Å². The van der Waals surface area contributed by atoms with Crippen molar-refractivity contribution in [2.75, 3.05) is 0 Å². The summed E-state index contributed by atoms with van der Waals surface area (Å²) in [5.41, 5.74) is 1.01. The van der Waals surface area contributed by atoms with Crippen LogP contribution in [-0.2, 0) is 10.2 Å². The summed E-state index contributed by atoms with van der Waals surface area (Å²) < 4.78 is 33.6. The van der Waals surface area contributed by atoms with Gasteiger partial charge in [-0.1, -0.05) is 30.8 Å². The predicted molar refractivity (Wildman–Crippen MR) is 50.2 cm³/mol. The molecule has 2 nitrogen and oxygen atoms in total. The van der Waals surface area contributed by atoms with E-state index >= 15 is 0 Å². The zero-order valence-electron chi connectivity index (χ0n) is 7.12. The van der Waals surface area contributed by atoms with E-state index in [0.717, 1.165) is 0 Å².